The molecule has 1 aliphatic carbocycles. The second-order valence-corrected chi connectivity index (χ2v) is 6.74. The zero-order valence-corrected chi connectivity index (χ0v) is 13.3. The third kappa shape index (κ3) is 4.61. The molecule has 0 amide bonds. The number of nitrogens with zero attached hydrogens (tertiary/aromatic N) is 1. The van der Waals surface area contributed by atoms with Crippen LogP contribution in [0.5, 0.6) is 0 Å². The molecule has 1 saturated heterocycles. The highest BCUT2D eigenvalue weighted by molar-refractivity contribution is 6.18. The number of rotatable bonds is 7. The van der Waals surface area contributed by atoms with Gasteiger partial charge in [0.2, 0.25) is 0 Å². The van der Waals surface area contributed by atoms with Crippen molar-refractivity contribution in [3.63, 3.8) is 0 Å². The zero-order valence-electron chi connectivity index (χ0n) is 12.5. The number of halogens is 1. The first-order valence-corrected chi connectivity index (χ1v) is 8.77. The molecule has 2 rings (SSSR count). The number of unbranched alkanes of at least 4 members (excludes halogenated alkanes) is 1. The predicted molar refractivity (Wildman–Crippen MR) is 82.0 cm³/mol. The first-order valence-electron chi connectivity index (χ1n) is 8.24. The number of ether oxygens (including phenoxy) is 1. The first kappa shape index (κ1) is 15.6. The van der Waals surface area contributed by atoms with Gasteiger partial charge >= 0.3 is 0 Å². The molecule has 3 heteroatoms. The minimum Gasteiger partial charge on any atom is -0.370 e. The average Bonchev–Trinajstić information content (AvgIpc) is 2.80. The summed E-state index contributed by atoms with van der Waals surface area (Å²) in [5.41, 5.74) is 0.264. The molecule has 19 heavy (non-hydrogen) atoms. The Labute approximate surface area is 123 Å². The van der Waals surface area contributed by atoms with Crippen molar-refractivity contribution < 1.29 is 4.74 Å². The monoisotopic (exact) mass is 287 g/mol. The third-order valence-corrected chi connectivity index (χ3v) is 4.96. The van der Waals surface area contributed by atoms with Gasteiger partial charge in [-0.15, -0.1) is 11.6 Å². The largest absolute Gasteiger partial charge is 0.370 e. The summed E-state index contributed by atoms with van der Waals surface area (Å²) in [6, 6.07) is 0. The Morgan fingerprint density at radius 3 is 2.63 bits per heavy atom. The van der Waals surface area contributed by atoms with E-state index in [4.69, 9.17) is 16.3 Å². The molecule has 2 aliphatic rings. The summed E-state index contributed by atoms with van der Waals surface area (Å²) in [7, 11) is 0. The van der Waals surface area contributed by atoms with Gasteiger partial charge < -0.3 is 4.74 Å². The van der Waals surface area contributed by atoms with Crippen LogP contribution in [0.25, 0.3) is 0 Å². The summed E-state index contributed by atoms with van der Waals surface area (Å²) >= 11 is 5.92. The molecule has 1 atom stereocenters. The van der Waals surface area contributed by atoms with Gasteiger partial charge in [0.25, 0.3) is 0 Å². The van der Waals surface area contributed by atoms with Crippen LogP contribution >= 0.6 is 11.6 Å². The van der Waals surface area contributed by atoms with Crippen molar-refractivity contribution in [2.45, 2.75) is 76.4 Å². The lowest BCUT2D eigenvalue weighted by atomic mass is 9.83. The molecule has 1 aliphatic heterocycles. The highest BCUT2D eigenvalue weighted by atomic mass is 35.5. The lowest BCUT2D eigenvalue weighted by Crippen LogP contribution is -2.37. The van der Waals surface area contributed by atoms with Crippen molar-refractivity contribution in [1.82, 2.24) is 4.90 Å². The summed E-state index contributed by atoms with van der Waals surface area (Å²) in [6.45, 7) is 5.53. The molecule has 1 unspecified atom stereocenters. The molecule has 0 radical (unpaired) electrons. The molecule has 1 heterocycles. The minimum absolute atomic E-state index is 0.264. The second kappa shape index (κ2) is 7.85. The van der Waals surface area contributed by atoms with Crippen molar-refractivity contribution in [2.75, 3.05) is 25.5 Å². The minimum atomic E-state index is 0.264. The van der Waals surface area contributed by atoms with Crippen molar-refractivity contribution in [3.8, 4) is 0 Å². The molecular formula is C16H30ClNO. The Balaban J connectivity index is 1.78. The average molecular weight is 288 g/mol. The molecular weight excluding hydrogens is 258 g/mol. The van der Waals surface area contributed by atoms with E-state index in [9.17, 15) is 0 Å². The maximum absolute atomic E-state index is 6.46. The smallest absolute Gasteiger partial charge is 0.0710 e. The Bertz CT molecular complexity index is 253. The van der Waals surface area contributed by atoms with E-state index < -0.39 is 0 Å². The third-order valence-electron chi connectivity index (χ3n) is 4.79. The van der Waals surface area contributed by atoms with Crippen LogP contribution in [-0.2, 0) is 4.74 Å². The SMILES string of the molecule is CCCCN(CCCl)CC1CCC2(CCCCC2)O1. The fourth-order valence-corrected chi connectivity index (χ4v) is 3.91. The van der Waals surface area contributed by atoms with Gasteiger partial charge in [-0.3, -0.25) is 4.90 Å². The van der Waals surface area contributed by atoms with Gasteiger partial charge in [-0.1, -0.05) is 32.6 Å². The van der Waals surface area contributed by atoms with E-state index in [1.54, 1.807) is 0 Å². The van der Waals surface area contributed by atoms with Crippen molar-refractivity contribution in [1.29, 1.82) is 0 Å². The molecule has 0 aromatic rings. The fourth-order valence-electron chi connectivity index (χ4n) is 3.67. The van der Waals surface area contributed by atoms with Crippen LogP contribution in [0.1, 0.15) is 64.7 Å². The molecule has 1 saturated carbocycles. The Morgan fingerprint density at radius 1 is 1.16 bits per heavy atom. The zero-order chi connectivity index (χ0) is 13.6. The van der Waals surface area contributed by atoms with Crippen LogP contribution in [0.4, 0.5) is 0 Å². The lowest BCUT2D eigenvalue weighted by Gasteiger charge is -2.34. The normalized spacial score (nSPS) is 26.4. The molecule has 2 fully saturated rings. The maximum Gasteiger partial charge on any atom is 0.0710 e. The summed E-state index contributed by atoms with van der Waals surface area (Å²) < 4.78 is 6.46. The van der Waals surface area contributed by atoms with E-state index in [0.717, 1.165) is 19.0 Å². The highest BCUT2D eigenvalue weighted by Gasteiger charge is 2.40. The van der Waals surface area contributed by atoms with Crippen LogP contribution < -0.4 is 0 Å². The van der Waals surface area contributed by atoms with Crippen LogP contribution in [0.15, 0.2) is 0 Å². The molecule has 0 bridgehead atoms. The van der Waals surface area contributed by atoms with E-state index in [-0.39, 0.29) is 5.60 Å². The van der Waals surface area contributed by atoms with Gasteiger partial charge in [0.15, 0.2) is 0 Å². The molecule has 0 aromatic carbocycles. The predicted octanol–water partition coefficient (Wildman–Crippen LogP) is 4.21. The highest BCUT2D eigenvalue weighted by Crippen LogP contribution is 2.41. The summed E-state index contributed by atoms with van der Waals surface area (Å²) in [5.74, 6) is 0.738. The molecule has 0 N–H and O–H groups in total. The van der Waals surface area contributed by atoms with E-state index >= 15 is 0 Å². The summed E-state index contributed by atoms with van der Waals surface area (Å²) in [5, 5.41) is 0. The topological polar surface area (TPSA) is 12.5 Å². The molecule has 112 valence electrons. The van der Waals surface area contributed by atoms with Gasteiger partial charge in [0.05, 0.1) is 11.7 Å². The molecule has 2 nitrogen and oxygen atoms in total. The van der Waals surface area contributed by atoms with Crippen molar-refractivity contribution in [3.05, 3.63) is 0 Å². The van der Waals surface area contributed by atoms with E-state index in [0.29, 0.717) is 6.10 Å². The van der Waals surface area contributed by atoms with Gasteiger partial charge in [-0.05, 0) is 38.6 Å². The second-order valence-electron chi connectivity index (χ2n) is 6.37. The van der Waals surface area contributed by atoms with Crippen molar-refractivity contribution in [2.24, 2.45) is 0 Å². The number of hydrogen-bond acceptors (Lipinski definition) is 2. The first-order chi connectivity index (χ1) is 9.28. The van der Waals surface area contributed by atoms with Crippen LogP contribution in [0, 0.1) is 0 Å². The van der Waals surface area contributed by atoms with E-state index in [1.165, 1.54) is 64.3 Å². The van der Waals surface area contributed by atoms with E-state index in [2.05, 4.69) is 11.8 Å². The summed E-state index contributed by atoms with van der Waals surface area (Å²) in [6.07, 6.45) is 12.3. The van der Waals surface area contributed by atoms with Crippen LogP contribution in [0.2, 0.25) is 0 Å². The van der Waals surface area contributed by atoms with Gasteiger partial charge in [0.1, 0.15) is 0 Å². The van der Waals surface area contributed by atoms with Gasteiger partial charge in [0, 0.05) is 19.0 Å². The van der Waals surface area contributed by atoms with Crippen molar-refractivity contribution >= 4 is 11.6 Å². The number of hydrogen-bond donors (Lipinski definition) is 0. The number of alkyl halides is 1. The Morgan fingerprint density at radius 2 is 1.95 bits per heavy atom. The quantitative estimate of drug-likeness (QED) is 0.651. The molecule has 1 spiro atoms. The fraction of sp³-hybridized carbons (Fsp3) is 1.00. The Hall–Kier alpha value is 0.210. The summed E-state index contributed by atoms with van der Waals surface area (Å²) in [4.78, 5) is 2.50. The van der Waals surface area contributed by atoms with Gasteiger partial charge in [-0.25, -0.2) is 0 Å². The van der Waals surface area contributed by atoms with Crippen LogP contribution in [-0.4, -0.2) is 42.1 Å². The van der Waals surface area contributed by atoms with Crippen LogP contribution in [0.3, 0.4) is 0 Å². The standard InChI is InChI=1S/C16H30ClNO/c1-2-3-12-18(13-11-17)14-15-7-10-16(19-15)8-5-4-6-9-16/h15H,2-14H2,1H3. The molecule has 0 aromatic heterocycles. The Kier molecular flexibility index (Phi) is 6.44. The maximum atomic E-state index is 6.46. The van der Waals surface area contributed by atoms with Gasteiger partial charge in [-0.2, -0.15) is 0 Å². The van der Waals surface area contributed by atoms with E-state index in [1.807, 2.05) is 0 Å². The lowest BCUT2D eigenvalue weighted by molar-refractivity contribution is -0.0715.